The van der Waals surface area contributed by atoms with E-state index in [0.29, 0.717) is 18.7 Å². The van der Waals surface area contributed by atoms with Crippen molar-refractivity contribution in [3.8, 4) is 5.75 Å². The Hall–Kier alpha value is -2.98. The quantitative estimate of drug-likeness (QED) is 0.324. The van der Waals surface area contributed by atoms with Crippen LogP contribution in [-0.4, -0.2) is 23.2 Å². The third-order valence-electron chi connectivity index (χ3n) is 5.96. The van der Waals surface area contributed by atoms with Crippen molar-refractivity contribution in [3.63, 3.8) is 0 Å². The molecule has 0 aliphatic carbocycles. The van der Waals surface area contributed by atoms with Crippen LogP contribution in [0.4, 0.5) is 5.69 Å². The number of nitrogens with zero attached hydrogens (tertiary/aromatic N) is 1. The van der Waals surface area contributed by atoms with E-state index in [9.17, 15) is 9.90 Å². The smallest absolute Gasteiger partial charge is 0.335 e. The standard InChI is InChI=1S/C29H35NO3.ClH/c1-6-26(23-13-10-14-25(17-23)30(20(2)3)21(4)5)27-18-24(29(31)32)15-16-28(27)33-19-22-11-8-7-9-12-22;/h7-18,20-21,26H,6,19H2,1-5H3,(H,31,32);1H/t26-;/m1./s1. The minimum absolute atomic E-state index is 0. The molecule has 34 heavy (non-hydrogen) atoms. The predicted molar refractivity (Wildman–Crippen MR) is 143 cm³/mol. The van der Waals surface area contributed by atoms with Crippen molar-refractivity contribution in [1.29, 1.82) is 0 Å². The van der Waals surface area contributed by atoms with Gasteiger partial charge in [-0.2, -0.15) is 0 Å². The second kappa shape index (κ2) is 12.5. The summed E-state index contributed by atoms with van der Waals surface area (Å²) in [5.74, 6) is -0.179. The number of carbonyl (C=O) groups is 1. The Balaban J connectivity index is 0.00000408. The topological polar surface area (TPSA) is 49.8 Å². The van der Waals surface area contributed by atoms with Crippen molar-refractivity contribution in [2.45, 2.75) is 65.6 Å². The number of hydrogen-bond acceptors (Lipinski definition) is 3. The van der Waals surface area contributed by atoms with Crippen LogP contribution in [-0.2, 0) is 6.61 Å². The molecule has 182 valence electrons. The van der Waals surface area contributed by atoms with Crippen LogP contribution in [0.15, 0.2) is 72.8 Å². The predicted octanol–water partition coefficient (Wildman–Crippen LogP) is 7.55. The van der Waals surface area contributed by atoms with Gasteiger partial charge in [0, 0.05) is 29.3 Å². The van der Waals surface area contributed by atoms with E-state index in [-0.39, 0.29) is 23.9 Å². The zero-order valence-corrected chi connectivity index (χ0v) is 21.5. The van der Waals surface area contributed by atoms with Gasteiger partial charge in [0.15, 0.2) is 0 Å². The van der Waals surface area contributed by atoms with Gasteiger partial charge in [-0.25, -0.2) is 4.79 Å². The summed E-state index contributed by atoms with van der Waals surface area (Å²) < 4.78 is 6.21. The van der Waals surface area contributed by atoms with Crippen LogP contribution in [0.2, 0.25) is 0 Å². The number of carboxylic acid groups (broad SMARTS) is 1. The van der Waals surface area contributed by atoms with E-state index >= 15 is 0 Å². The average Bonchev–Trinajstić information content (AvgIpc) is 2.79. The van der Waals surface area contributed by atoms with Gasteiger partial charge in [0.1, 0.15) is 12.4 Å². The maximum absolute atomic E-state index is 11.7. The van der Waals surface area contributed by atoms with E-state index in [0.717, 1.165) is 28.9 Å². The van der Waals surface area contributed by atoms with Crippen LogP contribution in [0, 0.1) is 0 Å². The molecule has 0 unspecified atom stereocenters. The summed E-state index contributed by atoms with van der Waals surface area (Å²) in [5, 5.41) is 9.62. The number of carboxylic acids is 1. The lowest BCUT2D eigenvalue weighted by molar-refractivity contribution is 0.0696. The zero-order chi connectivity index (χ0) is 24.0. The second-order valence-electron chi connectivity index (χ2n) is 8.98. The Morgan fingerprint density at radius 3 is 2.18 bits per heavy atom. The molecule has 0 aliphatic heterocycles. The van der Waals surface area contributed by atoms with Gasteiger partial charge < -0.3 is 14.7 Å². The van der Waals surface area contributed by atoms with Crippen LogP contribution >= 0.6 is 12.4 Å². The fourth-order valence-corrected chi connectivity index (χ4v) is 4.55. The molecule has 3 aromatic carbocycles. The number of halogens is 1. The number of hydrogen-bond donors (Lipinski definition) is 1. The third kappa shape index (κ3) is 6.54. The van der Waals surface area contributed by atoms with Gasteiger partial charge in [0.05, 0.1) is 5.56 Å². The summed E-state index contributed by atoms with van der Waals surface area (Å²) in [6.45, 7) is 11.4. The molecule has 0 saturated carbocycles. The van der Waals surface area contributed by atoms with Crippen molar-refractivity contribution in [2.75, 3.05) is 4.90 Å². The Morgan fingerprint density at radius 2 is 1.59 bits per heavy atom. The van der Waals surface area contributed by atoms with E-state index in [4.69, 9.17) is 4.74 Å². The fraction of sp³-hybridized carbons (Fsp3) is 0.345. The zero-order valence-electron chi connectivity index (χ0n) is 20.7. The number of ether oxygens (including phenoxy) is 1. The highest BCUT2D eigenvalue weighted by Crippen LogP contribution is 2.37. The van der Waals surface area contributed by atoms with Crippen LogP contribution in [0.1, 0.15) is 74.0 Å². The summed E-state index contributed by atoms with van der Waals surface area (Å²) in [6, 6.07) is 24.6. The van der Waals surface area contributed by atoms with E-state index in [1.165, 1.54) is 5.69 Å². The minimum atomic E-state index is -0.930. The largest absolute Gasteiger partial charge is 0.489 e. The summed E-state index contributed by atoms with van der Waals surface area (Å²) in [5.41, 5.74) is 4.60. The maximum atomic E-state index is 11.7. The lowest BCUT2D eigenvalue weighted by Crippen LogP contribution is -2.37. The number of rotatable bonds is 10. The summed E-state index contributed by atoms with van der Waals surface area (Å²) in [6.07, 6.45) is 0.831. The normalized spacial score (nSPS) is 11.7. The Bertz CT molecular complexity index is 1060. The lowest BCUT2D eigenvalue weighted by atomic mass is 9.87. The highest BCUT2D eigenvalue weighted by Gasteiger charge is 2.21. The highest BCUT2D eigenvalue weighted by atomic mass is 35.5. The van der Waals surface area contributed by atoms with Crippen molar-refractivity contribution in [1.82, 2.24) is 0 Å². The minimum Gasteiger partial charge on any atom is -0.489 e. The molecule has 0 bridgehead atoms. The first-order valence-corrected chi connectivity index (χ1v) is 11.7. The van der Waals surface area contributed by atoms with E-state index in [1.54, 1.807) is 18.2 Å². The van der Waals surface area contributed by atoms with Gasteiger partial charge in [-0.05, 0) is 75.6 Å². The van der Waals surface area contributed by atoms with Gasteiger partial charge in [-0.1, -0.05) is 49.4 Å². The van der Waals surface area contributed by atoms with Crippen LogP contribution in [0.3, 0.4) is 0 Å². The molecule has 4 nitrogen and oxygen atoms in total. The van der Waals surface area contributed by atoms with Gasteiger partial charge >= 0.3 is 5.97 Å². The highest BCUT2D eigenvalue weighted by molar-refractivity contribution is 5.88. The second-order valence-corrected chi connectivity index (χ2v) is 8.98. The molecule has 0 aromatic heterocycles. The molecular formula is C29H36ClNO3. The SMILES string of the molecule is CC[C@H](c1cccc(N(C(C)C)C(C)C)c1)c1cc(C(=O)O)ccc1OCc1ccccc1.Cl. The summed E-state index contributed by atoms with van der Waals surface area (Å²) >= 11 is 0. The van der Waals surface area contributed by atoms with Crippen molar-refractivity contribution < 1.29 is 14.6 Å². The molecule has 3 aromatic rings. The number of aromatic carboxylic acids is 1. The van der Waals surface area contributed by atoms with E-state index in [2.05, 4.69) is 63.8 Å². The van der Waals surface area contributed by atoms with E-state index in [1.807, 2.05) is 30.3 Å². The first-order valence-electron chi connectivity index (χ1n) is 11.7. The lowest BCUT2D eigenvalue weighted by Gasteiger charge is -2.34. The first-order chi connectivity index (χ1) is 15.8. The van der Waals surface area contributed by atoms with Crippen molar-refractivity contribution in [2.24, 2.45) is 0 Å². The molecule has 0 saturated heterocycles. The molecule has 0 heterocycles. The average molecular weight is 482 g/mol. The molecule has 1 N–H and O–H groups in total. The Labute approximate surface area is 210 Å². The van der Waals surface area contributed by atoms with Gasteiger partial charge in [-0.3, -0.25) is 0 Å². The molecule has 0 fully saturated rings. The van der Waals surface area contributed by atoms with Crippen LogP contribution < -0.4 is 9.64 Å². The maximum Gasteiger partial charge on any atom is 0.335 e. The van der Waals surface area contributed by atoms with Gasteiger partial charge in [0.25, 0.3) is 0 Å². The molecule has 1 atom stereocenters. The number of benzene rings is 3. The van der Waals surface area contributed by atoms with Crippen LogP contribution in [0.25, 0.3) is 0 Å². The molecule has 0 aliphatic rings. The Morgan fingerprint density at radius 1 is 0.912 bits per heavy atom. The summed E-state index contributed by atoms with van der Waals surface area (Å²) in [4.78, 5) is 14.1. The molecular weight excluding hydrogens is 446 g/mol. The van der Waals surface area contributed by atoms with Gasteiger partial charge in [0.2, 0.25) is 0 Å². The molecule has 0 radical (unpaired) electrons. The van der Waals surface area contributed by atoms with E-state index < -0.39 is 5.97 Å². The third-order valence-corrected chi connectivity index (χ3v) is 5.96. The molecule has 5 heteroatoms. The Kier molecular flexibility index (Phi) is 10.0. The molecule has 0 spiro atoms. The summed E-state index contributed by atoms with van der Waals surface area (Å²) in [7, 11) is 0. The monoisotopic (exact) mass is 481 g/mol. The molecule has 3 rings (SSSR count). The van der Waals surface area contributed by atoms with Crippen molar-refractivity contribution >= 4 is 24.1 Å². The van der Waals surface area contributed by atoms with Crippen LogP contribution in [0.5, 0.6) is 5.75 Å². The molecule has 0 amide bonds. The van der Waals surface area contributed by atoms with Gasteiger partial charge in [-0.15, -0.1) is 12.4 Å². The van der Waals surface area contributed by atoms with Crippen molar-refractivity contribution in [3.05, 3.63) is 95.1 Å². The first kappa shape index (κ1) is 27.3. The fourth-order valence-electron chi connectivity index (χ4n) is 4.55. The number of anilines is 1.